The van der Waals surface area contributed by atoms with Gasteiger partial charge in [0.2, 0.25) is 10.0 Å². The normalized spacial score (nSPS) is 19.7. The van der Waals surface area contributed by atoms with E-state index >= 15 is 0 Å². The van der Waals surface area contributed by atoms with Gasteiger partial charge in [-0.15, -0.1) is 0 Å². The topological polar surface area (TPSA) is 63.7 Å². The van der Waals surface area contributed by atoms with E-state index in [2.05, 4.69) is 0 Å². The number of nitrogens with zero attached hydrogens (tertiary/aromatic N) is 1. The Hall–Kier alpha value is -0.820. The maximum absolute atomic E-state index is 12.7. The van der Waals surface area contributed by atoms with Gasteiger partial charge in [-0.3, -0.25) is 4.79 Å². The molecule has 5 nitrogen and oxygen atoms in total. The predicted octanol–water partition coefficient (Wildman–Crippen LogP) is 2.71. The minimum absolute atomic E-state index is 0.0174. The Labute approximate surface area is 133 Å². The highest BCUT2D eigenvalue weighted by atomic mass is 35.5. The molecule has 1 fully saturated rings. The van der Waals surface area contributed by atoms with Crippen LogP contribution in [0.2, 0.25) is 10.0 Å². The summed E-state index contributed by atoms with van der Waals surface area (Å²) in [6, 6.07) is 3.31. The fourth-order valence-corrected chi connectivity index (χ4v) is 4.69. The van der Waals surface area contributed by atoms with Crippen LogP contribution in [0.25, 0.3) is 0 Å². The van der Waals surface area contributed by atoms with Gasteiger partial charge in [0, 0.05) is 16.6 Å². The Balaban J connectivity index is 2.36. The Morgan fingerprint density at radius 3 is 2.52 bits per heavy atom. The first-order chi connectivity index (χ1) is 9.86. The Bertz CT molecular complexity index is 627. The summed E-state index contributed by atoms with van der Waals surface area (Å²) in [6.45, 7) is 2.17. The number of sulfonamides is 1. The molecule has 0 N–H and O–H groups in total. The van der Waals surface area contributed by atoms with Crippen LogP contribution in [0.3, 0.4) is 0 Å². The van der Waals surface area contributed by atoms with Gasteiger partial charge in [0.25, 0.3) is 0 Å². The van der Waals surface area contributed by atoms with E-state index in [0.29, 0.717) is 12.8 Å². The van der Waals surface area contributed by atoms with Gasteiger partial charge < -0.3 is 4.74 Å². The van der Waals surface area contributed by atoms with Crippen LogP contribution < -0.4 is 0 Å². The SMILES string of the molecule is CCOC(=O)C1CCCN1S(=O)(=O)c1cc(Cl)cc(Cl)c1. The molecule has 1 unspecified atom stereocenters. The van der Waals surface area contributed by atoms with Crippen LogP contribution in [0.4, 0.5) is 0 Å². The van der Waals surface area contributed by atoms with Gasteiger partial charge in [0.1, 0.15) is 6.04 Å². The maximum atomic E-state index is 12.7. The number of benzene rings is 1. The summed E-state index contributed by atoms with van der Waals surface area (Å²) < 4.78 is 31.4. The van der Waals surface area contributed by atoms with E-state index in [9.17, 15) is 13.2 Å². The Kier molecular flexibility index (Phi) is 5.14. The minimum atomic E-state index is -3.83. The number of carbonyl (C=O) groups excluding carboxylic acids is 1. The Morgan fingerprint density at radius 1 is 1.33 bits per heavy atom. The van der Waals surface area contributed by atoms with E-state index in [0.717, 1.165) is 4.31 Å². The summed E-state index contributed by atoms with van der Waals surface area (Å²) in [5.74, 6) is -0.522. The molecule has 0 spiro atoms. The molecule has 2 rings (SSSR count). The third kappa shape index (κ3) is 3.51. The monoisotopic (exact) mass is 351 g/mol. The van der Waals surface area contributed by atoms with Gasteiger partial charge in [-0.2, -0.15) is 4.31 Å². The lowest BCUT2D eigenvalue weighted by Gasteiger charge is -2.22. The molecule has 0 bridgehead atoms. The number of ether oxygens (including phenoxy) is 1. The van der Waals surface area contributed by atoms with Crippen LogP contribution in [0, 0.1) is 0 Å². The molecule has 8 heteroatoms. The summed E-state index contributed by atoms with van der Waals surface area (Å²) in [6.07, 6.45) is 1.06. The van der Waals surface area contributed by atoms with Crippen molar-refractivity contribution in [2.75, 3.05) is 13.2 Å². The number of hydrogen-bond acceptors (Lipinski definition) is 4. The van der Waals surface area contributed by atoms with E-state index in [1.165, 1.54) is 18.2 Å². The quantitative estimate of drug-likeness (QED) is 0.782. The number of carbonyl (C=O) groups is 1. The minimum Gasteiger partial charge on any atom is -0.465 e. The van der Waals surface area contributed by atoms with Crippen molar-refractivity contribution >= 4 is 39.2 Å². The van der Waals surface area contributed by atoms with E-state index in [1.807, 2.05) is 0 Å². The van der Waals surface area contributed by atoms with Crippen molar-refractivity contribution in [3.63, 3.8) is 0 Å². The summed E-state index contributed by atoms with van der Waals surface area (Å²) in [4.78, 5) is 11.9. The summed E-state index contributed by atoms with van der Waals surface area (Å²) in [5.41, 5.74) is 0. The molecule has 0 aliphatic carbocycles. The van der Waals surface area contributed by atoms with Gasteiger partial charge >= 0.3 is 5.97 Å². The van der Waals surface area contributed by atoms with Gasteiger partial charge in [-0.1, -0.05) is 23.2 Å². The number of rotatable bonds is 4. The van der Waals surface area contributed by atoms with Crippen LogP contribution in [-0.2, 0) is 19.6 Å². The second-order valence-corrected chi connectivity index (χ2v) is 7.39. The molecule has 1 aromatic carbocycles. The third-order valence-corrected chi connectivity index (χ3v) is 5.53. The zero-order chi connectivity index (χ0) is 15.6. The lowest BCUT2D eigenvalue weighted by Crippen LogP contribution is -2.41. The first-order valence-electron chi connectivity index (χ1n) is 6.51. The lowest BCUT2D eigenvalue weighted by atomic mass is 10.2. The summed E-state index contributed by atoms with van der Waals surface area (Å²) in [7, 11) is -3.83. The molecule has 1 aromatic rings. The molecule has 116 valence electrons. The van der Waals surface area contributed by atoms with Crippen LogP contribution in [0.1, 0.15) is 19.8 Å². The van der Waals surface area contributed by atoms with E-state index < -0.39 is 22.0 Å². The van der Waals surface area contributed by atoms with E-state index in [1.54, 1.807) is 6.92 Å². The summed E-state index contributed by atoms with van der Waals surface area (Å²) >= 11 is 11.7. The molecular formula is C13H15Cl2NO4S. The van der Waals surface area contributed by atoms with Crippen LogP contribution in [-0.4, -0.2) is 37.9 Å². The molecule has 1 atom stereocenters. The van der Waals surface area contributed by atoms with Crippen molar-refractivity contribution in [2.24, 2.45) is 0 Å². The fraction of sp³-hybridized carbons (Fsp3) is 0.462. The van der Waals surface area contributed by atoms with Crippen molar-refractivity contribution < 1.29 is 17.9 Å². The molecular weight excluding hydrogens is 337 g/mol. The van der Waals surface area contributed by atoms with Crippen molar-refractivity contribution in [1.29, 1.82) is 0 Å². The number of hydrogen-bond donors (Lipinski definition) is 0. The molecule has 0 radical (unpaired) electrons. The smallest absolute Gasteiger partial charge is 0.324 e. The predicted molar refractivity (Wildman–Crippen MR) is 80.0 cm³/mol. The molecule has 1 aliphatic heterocycles. The highest BCUT2D eigenvalue weighted by molar-refractivity contribution is 7.89. The molecule has 0 saturated carbocycles. The first kappa shape index (κ1) is 16.5. The molecule has 0 aromatic heterocycles. The largest absolute Gasteiger partial charge is 0.465 e. The average molecular weight is 352 g/mol. The molecule has 1 heterocycles. The second-order valence-electron chi connectivity index (χ2n) is 4.63. The van der Waals surface area contributed by atoms with Crippen LogP contribution in [0.15, 0.2) is 23.1 Å². The molecule has 0 amide bonds. The Morgan fingerprint density at radius 2 is 1.95 bits per heavy atom. The van der Waals surface area contributed by atoms with Crippen LogP contribution >= 0.6 is 23.2 Å². The van der Waals surface area contributed by atoms with Gasteiger partial charge in [0.05, 0.1) is 11.5 Å². The highest BCUT2D eigenvalue weighted by Gasteiger charge is 2.40. The summed E-state index contributed by atoms with van der Waals surface area (Å²) in [5, 5.41) is 0.459. The second kappa shape index (κ2) is 6.52. The van der Waals surface area contributed by atoms with Gasteiger partial charge in [-0.05, 0) is 38.0 Å². The highest BCUT2D eigenvalue weighted by Crippen LogP contribution is 2.30. The van der Waals surface area contributed by atoms with E-state index in [4.69, 9.17) is 27.9 Å². The molecule has 21 heavy (non-hydrogen) atoms. The van der Waals surface area contributed by atoms with E-state index in [-0.39, 0.29) is 28.1 Å². The average Bonchev–Trinajstić information content (AvgIpc) is 2.87. The van der Waals surface area contributed by atoms with Crippen molar-refractivity contribution in [2.45, 2.75) is 30.7 Å². The molecule has 1 aliphatic rings. The lowest BCUT2D eigenvalue weighted by molar-refractivity contribution is -0.146. The van der Waals surface area contributed by atoms with Crippen molar-refractivity contribution in [1.82, 2.24) is 4.31 Å². The van der Waals surface area contributed by atoms with Crippen molar-refractivity contribution in [3.8, 4) is 0 Å². The first-order valence-corrected chi connectivity index (χ1v) is 8.70. The van der Waals surface area contributed by atoms with Crippen molar-refractivity contribution in [3.05, 3.63) is 28.2 Å². The third-order valence-electron chi connectivity index (χ3n) is 3.21. The number of esters is 1. The zero-order valence-corrected chi connectivity index (χ0v) is 13.7. The van der Waals surface area contributed by atoms with Crippen LogP contribution in [0.5, 0.6) is 0 Å². The van der Waals surface area contributed by atoms with Gasteiger partial charge in [0.15, 0.2) is 0 Å². The standard InChI is InChI=1S/C13H15Cl2NO4S/c1-2-20-13(17)12-4-3-5-16(12)21(18,19)11-7-9(14)6-10(15)8-11/h6-8,12H,2-5H2,1H3. The fourth-order valence-electron chi connectivity index (χ4n) is 2.31. The maximum Gasteiger partial charge on any atom is 0.324 e. The molecule has 1 saturated heterocycles. The van der Waals surface area contributed by atoms with Gasteiger partial charge in [-0.25, -0.2) is 8.42 Å². The zero-order valence-electron chi connectivity index (χ0n) is 11.4. The number of halogens is 2.